The van der Waals surface area contributed by atoms with Gasteiger partial charge in [-0.2, -0.15) is 0 Å². The zero-order chi connectivity index (χ0) is 27.7. The number of hydrogen-bond acceptors (Lipinski definition) is 7. The van der Waals surface area contributed by atoms with Gasteiger partial charge in [-0.05, 0) is 48.5 Å². The summed E-state index contributed by atoms with van der Waals surface area (Å²) in [5.41, 5.74) is 2.83. The summed E-state index contributed by atoms with van der Waals surface area (Å²) in [4.78, 5) is 37.6. The maximum Gasteiger partial charge on any atom is 0.343 e. The molecule has 0 unspecified atom stereocenters. The highest BCUT2D eigenvalue weighted by Gasteiger charge is 2.12. The second-order valence-electron chi connectivity index (χ2n) is 8.43. The normalized spacial score (nSPS) is 10.7. The minimum Gasteiger partial charge on any atom is -0.422 e. The van der Waals surface area contributed by atoms with Crippen LogP contribution in [0.3, 0.4) is 0 Å². The van der Waals surface area contributed by atoms with Crippen LogP contribution in [0.1, 0.15) is 26.3 Å². The molecule has 40 heavy (non-hydrogen) atoms. The van der Waals surface area contributed by atoms with Crippen LogP contribution in [0.5, 0.6) is 5.75 Å². The molecule has 0 saturated carbocycles. The van der Waals surface area contributed by atoms with Crippen LogP contribution in [0.2, 0.25) is 0 Å². The van der Waals surface area contributed by atoms with Crippen molar-refractivity contribution in [2.24, 2.45) is 0 Å². The fourth-order valence-corrected chi connectivity index (χ4v) is 4.38. The number of amides is 2. The molecule has 0 spiro atoms. The largest absolute Gasteiger partial charge is 0.422 e. The van der Waals surface area contributed by atoms with Crippen molar-refractivity contribution >= 4 is 46.0 Å². The van der Waals surface area contributed by atoms with Crippen molar-refractivity contribution in [2.45, 2.75) is 0 Å². The van der Waals surface area contributed by atoms with E-state index in [0.29, 0.717) is 38.3 Å². The second-order valence-corrected chi connectivity index (χ2v) is 9.40. The molecule has 0 radical (unpaired) electrons. The molecule has 0 aliphatic carbocycles. The van der Waals surface area contributed by atoms with Gasteiger partial charge in [0.25, 0.3) is 5.91 Å². The van der Waals surface area contributed by atoms with Gasteiger partial charge in [0.05, 0.1) is 5.56 Å². The molecule has 5 rings (SSSR count). The fraction of sp³-hybridized carbons (Fsp3) is 0. The summed E-state index contributed by atoms with van der Waals surface area (Å²) < 4.78 is 5.52. The molecule has 0 aliphatic heterocycles. The van der Waals surface area contributed by atoms with Crippen LogP contribution in [-0.2, 0) is 4.79 Å². The van der Waals surface area contributed by atoms with Crippen molar-refractivity contribution in [3.8, 4) is 16.3 Å². The van der Waals surface area contributed by atoms with Gasteiger partial charge in [-0.1, -0.05) is 78.1 Å². The molecule has 9 heteroatoms. The molecular weight excluding hydrogens is 524 g/mol. The predicted octanol–water partition coefficient (Wildman–Crippen LogP) is 6.33. The molecule has 0 saturated heterocycles. The summed E-state index contributed by atoms with van der Waals surface area (Å²) in [6, 6.07) is 31.6. The van der Waals surface area contributed by atoms with Crippen LogP contribution < -0.4 is 15.4 Å². The molecule has 1 heterocycles. The average molecular weight is 547 g/mol. The van der Waals surface area contributed by atoms with Crippen molar-refractivity contribution in [1.29, 1.82) is 0 Å². The third-order valence-corrected chi connectivity index (χ3v) is 6.51. The number of nitrogens with one attached hydrogen (secondary N) is 2. The number of carbonyl (C=O) groups excluding carboxylic acids is 3. The molecule has 5 aromatic rings. The van der Waals surface area contributed by atoms with E-state index >= 15 is 0 Å². The Kier molecular flexibility index (Phi) is 8.14. The molecule has 4 aromatic carbocycles. The van der Waals surface area contributed by atoms with Gasteiger partial charge < -0.3 is 10.1 Å². The fourth-order valence-electron chi connectivity index (χ4n) is 3.64. The minimum atomic E-state index is -0.488. The van der Waals surface area contributed by atoms with Gasteiger partial charge in [-0.15, -0.1) is 10.2 Å². The summed E-state index contributed by atoms with van der Waals surface area (Å²) >= 11 is 1.28. The highest BCUT2D eigenvalue weighted by atomic mass is 32.1. The van der Waals surface area contributed by atoms with Crippen molar-refractivity contribution in [3.63, 3.8) is 0 Å². The lowest BCUT2D eigenvalue weighted by Crippen LogP contribution is -2.12. The van der Waals surface area contributed by atoms with E-state index in [0.717, 1.165) is 5.56 Å². The second kappa shape index (κ2) is 12.4. The van der Waals surface area contributed by atoms with Gasteiger partial charge in [-0.3, -0.25) is 14.9 Å². The monoisotopic (exact) mass is 546 g/mol. The molecule has 0 atom stereocenters. The average Bonchev–Trinajstić information content (AvgIpc) is 3.46. The molecule has 0 fully saturated rings. The number of ether oxygens (including phenoxy) is 1. The van der Waals surface area contributed by atoms with Crippen molar-refractivity contribution in [1.82, 2.24) is 10.2 Å². The predicted molar refractivity (Wildman–Crippen MR) is 155 cm³/mol. The summed E-state index contributed by atoms with van der Waals surface area (Å²) in [6.45, 7) is 0. The maximum absolute atomic E-state index is 12.6. The first-order chi connectivity index (χ1) is 19.5. The molecule has 196 valence electrons. The lowest BCUT2D eigenvalue weighted by Gasteiger charge is -2.07. The number of para-hydroxylation sites is 1. The molecule has 0 bridgehead atoms. The van der Waals surface area contributed by atoms with Crippen LogP contribution in [0, 0.1) is 0 Å². The summed E-state index contributed by atoms with van der Waals surface area (Å²) in [5.74, 6) is -0.876. The first kappa shape index (κ1) is 26.2. The number of anilines is 2. The molecule has 0 aliphatic rings. The Morgan fingerprint density at radius 3 is 2.12 bits per heavy atom. The Morgan fingerprint density at radius 1 is 0.700 bits per heavy atom. The number of esters is 1. The van der Waals surface area contributed by atoms with E-state index in [2.05, 4.69) is 20.8 Å². The molecule has 1 aromatic heterocycles. The smallest absolute Gasteiger partial charge is 0.343 e. The van der Waals surface area contributed by atoms with Gasteiger partial charge in [0.15, 0.2) is 0 Å². The standard InChI is InChI=1S/C31H22N4O4S/c36-27(20-17-21-9-7-8-14-26(21)39-30(38)24-12-5-2-6-13-24)32-25-18-15-22(16-19-25)28(37)33-31-35-34-29(40-31)23-10-3-1-4-11-23/h1-20H,(H,32,36)(H,33,35,37)/b20-17+. The number of aromatic nitrogens is 2. The van der Waals surface area contributed by atoms with E-state index in [1.54, 1.807) is 78.9 Å². The van der Waals surface area contributed by atoms with Gasteiger partial charge in [0.2, 0.25) is 11.0 Å². The molecule has 2 N–H and O–H groups in total. The molecule has 8 nitrogen and oxygen atoms in total. The highest BCUT2D eigenvalue weighted by Crippen LogP contribution is 2.26. The van der Waals surface area contributed by atoms with Crippen LogP contribution in [0.15, 0.2) is 115 Å². The van der Waals surface area contributed by atoms with Crippen LogP contribution in [-0.4, -0.2) is 28.0 Å². The quantitative estimate of drug-likeness (QED) is 0.134. The Hall–Kier alpha value is -5.41. The van der Waals surface area contributed by atoms with Crippen LogP contribution in [0.25, 0.3) is 16.6 Å². The van der Waals surface area contributed by atoms with Crippen molar-refractivity contribution in [3.05, 3.63) is 132 Å². The molecular formula is C31H22N4O4S. The number of nitrogens with zero attached hydrogens (tertiary/aromatic N) is 2. The van der Waals surface area contributed by atoms with E-state index in [-0.39, 0.29) is 11.8 Å². The number of carbonyl (C=O) groups is 3. The van der Waals surface area contributed by atoms with Crippen LogP contribution >= 0.6 is 11.3 Å². The topological polar surface area (TPSA) is 110 Å². The minimum absolute atomic E-state index is 0.335. The van der Waals surface area contributed by atoms with E-state index < -0.39 is 5.97 Å². The maximum atomic E-state index is 12.6. The lowest BCUT2D eigenvalue weighted by atomic mass is 10.1. The summed E-state index contributed by atoms with van der Waals surface area (Å²) in [6.07, 6.45) is 2.91. The Bertz CT molecular complexity index is 1670. The lowest BCUT2D eigenvalue weighted by molar-refractivity contribution is -0.111. The highest BCUT2D eigenvalue weighted by molar-refractivity contribution is 7.18. The number of rotatable bonds is 8. The van der Waals surface area contributed by atoms with Crippen molar-refractivity contribution < 1.29 is 19.1 Å². The first-order valence-electron chi connectivity index (χ1n) is 12.2. The Labute approximate surface area is 234 Å². The Balaban J connectivity index is 1.17. The zero-order valence-electron chi connectivity index (χ0n) is 21.0. The Morgan fingerprint density at radius 2 is 1.38 bits per heavy atom. The summed E-state index contributed by atoms with van der Waals surface area (Å²) in [5, 5.41) is 14.8. The van der Waals surface area contributed by atoms with Gasteiger partial charge in [0.1, 0.15) is 10.8 Å². The third kappa shape index (κ3) is 6.72. The van der Waals surface area contributed by atoms with Crippen LogP contribution in [0.4, 0.5) is 10.8 Å². The van der Waals surface area contributed by atoms with Crippen molar-refractivity contribution in [2.75, 3.05) is 10.6 Å². The van der Waals surface area contributed by atoms with E-state index in [9.17, 15) is 14.4 Å². The molecule has 2 amide bonds. The van der Waals surface area contributed by atoms with E-state index in [4.69, 9.17) is 4.74 Å². The van der Waals surface area contributed by atoms with Gasteiger partial charge >= 0.3 is 5.97 Å². The van der Waals surface area contributed by atoms with Gasteiger partial charge in [-0.25, -0.2) is 4.79 Å². The third-order valence-electron chi connectivity index (χ3n) is 5.63. The first-order valence-corrected chi connectivity index (χ1v) is 13.0. The number of benzene rings is 4. The van der Waals surface area contributed by atoms with E-state index in [1.165, 1.54) is 17.4 Å². The van der Waals surface area contributed by atoms with E-state index in [1.807, 2.05) is 36.4 Å². The zero-order valence-corrected chi connectivity index (χ0v) is 21.8. The van der Waals surface area contributed by atoms with Gasteiger partial charge in [0, 0.05) is 28.5 Å². The summed E-state index contributed by atoms with van der Waals surface area (Å²) in [7, 11) is 0. The number of hydrogen-bond donors (Lipinski definition) is 2. The SMILES string of the molecule is O=C(/C=C/c1ccccc1OC(=O)c1ccccc1)Nc1ccc(C(=O)Nc2nnc(-c3ccccc3)s2)cc1.